The number of halogens is 3. The molecule has 1 amide bonds. The number of aliphatic hydroxyl groups excluding tert-OH is 1. The lowest BCUT2D eigenvalue weighted by atomic mass is 10.1. The van der Waals surface area contributed by atoms with Crippen LogP contribution >= 0.6 is 11.6 Å². The van der Waals surface area contributed by atoms with Crippen LogP contribution in [0.1, 0.15) is 5.56 Å². The number of benzene rings is 3. The van der Waals surface area contributed by atoms with Gasteiger partial charge in [-0.3, -0.25) is 9.10 Å². The van der Waals surface area contributed by atoms with Crippen molar-refractivity contribution in [3.8, 4) is 5.75 Å². The molecule has 2 N–H and O–H groups in total. The predicted octanol–water partition coefficient (Wildman–Crippen LogP) is 3.75. The average Bonchev–Trinajstić information content (AvgIpc) is 2.81. The Bertz CT molecular complexity index is 1340. The van der Waals surface area contributed by atoms with E-state index in [4.69, 9.17) is 16.3 Å². The van der Waals surface area contributed by atoms with Crippen LogP contribution in [0.25, 0.3) is 0 Å². The summed E-state index contributed by atoms with van der Waals surface area (Å²) in [4.78, 5) is 12.0. The van der Waals surface area contributed by atoms with Crippen molar-refractivity contribution in [2.24, 2.45) is 0 Å². The maximum Gasteiger partial charge on any atom is 0.264 e. The minimum atomic E-state index is -4.35. The van der Waals surface area contributed by atoms with E-state index in [0.717, 1.165) is 22.0 Å². The van der Waals surface area contributed by atoms with Gasteiger partial charge in [-0.05, 0) is 54.1 Å². The molecule has 3 aromatic rings. The molecule has 0 aliphatic carbocycles. The van der Waals surface area contributed by atoms with Gasteiger partial charge in [0.05, 0.1) is 30.2 Å². The number of nitrogens with one attached hydrogen (secondary N) is 1. The molecule has 1 aliphatic rings. The van der Waals surface area contributed by atoms with E-state index in [9.17, 15) is 27.1 Å². The second-order valence-corrected chi connectivity index (χ2v) is 9.87. The van der Waals surface area contributed by atoms with Crippen LogP contribution in [0.3, 0.4) is 0 Å². The number of sulfonamides is 1. The van der Waals surface area contributed by atoms with E-state index in [1.54, 1.807) is 24.3 Å². The largest absolute Gasteiger partial charge is 0.484 e. The highest BCUT2D eigenvalue weighted by atomic mass is 35.5. The van der Waals surface area contributed by atoms with Gasteiger partial charge in [0.2, 0.25) is 5.91 Å². The molecule has 0 aromatic heterocycles. The van der Waals surface area contributed by atoms with Crippen molar-refractivity contribution in [3.63, 3.8) is 0 Å². The number of anilines is 2. The summed E-state index contributed by atoms with van der Waals surface area (Å²) in [6.07, 6.45) is -0.813. The molecule has 1 atom stereocenters. The van der Waals surface area contributed by atoms with Crippen LogP contribution in [0.2, 0.25) is 5.02 Å². The highest BCUT2D eigenvalue weighted by Gasteiger charge is 2.35. The smallest absolute Gasteiger partial charge is 0.264 e. The Kier molecular flexibility index (Phi) is 6.74. The van der Waals surface area contributed by atoms with Crippen LogP contribution in [0.5, 0.6) is 5.75 Å². The summed E-state index contributed by atoms with van der Waals surface area (Å²) in [5, 5.41) is 12.8. The molecule has 178 valence electrons. The van der Waals surface area contributed by atoms with E-state index in [-0.39, 0.29) is 30.3 Å². The average molecular weight is 509 g/mol. The Labute approximate surface area is 199 Å². The molecule has 1 unspecified atom stereocenters. The summed E-state index contributed by atoms with van der Waals surface area (Å²) in [5.41, 5.74) is 1.12. The minimum absolute atomic E-state index is 0.0637. The molecule has 4 rings (SSSR count). The van der Waals surface area contributed by atoms with Gasteiger partial charge in [0, 0.05) is 10.7 Å². The number of nitrogens with zero attached hydrogens (tertiary/aromatic N) is 1. The van der Waals surface area contributed by atoms with E-state index < -0.39 is 39.3 Å². The van der Waals surface area contributed by atoms with Crippen LogP contribution in [-0.2, 0) is 21.2 Å². The first-order chi connectivity index (χ1) is 16.2. The molecule has 1 aliphatic heterocycles. The summed E-state index contributed by atoms with van der Waals surface area (Å²) in [6, 6.07) is 13.4. The van der Waals surface area contributed by atoms with Crippen molar-refractivity contribution in [1.82, 2.24) is 0 Å². The Balaban J connectivity index is 1.64. The Morgan fingerprint density at radius 1 is 1.09 bits per heavy atom. The fraction of sp³-hybridized carbons (Fsp3) is 0.174. The summed E-state index contributed by atoms with van der Waals surface area (Å²) < 4.78 is 60.2. The first-order valence-electron chi connectivity index (χ1n) is 10.1. The van der Waals surface area contributed by atoms with Crippen molar-refractivity contribution in [1.29, 1.82) is 0 Å². The minimum Gasteiger partial charge on any atom is -0.484 e. The second kappa shape index (κ2) is 9.57. The van der Waals surface area contributed by atoms with Crippen LogP contribution in [0, 0.1) is 11.6 Å². The lowest BCUT2D eigenvalue weighted by molar-refractivity contribution is -0.115. The number of hydrogen-bond donors (Lipinski definition) is 2. The van der Waals surface area contributed by atoms with Gasteiger partial charge in [0.1, 0.15) is 11.9 Å². The van der Waals surface area contributed by atoms with Gasteiger partial charge in [-0.1, -0.05) is 23.7 Å². The summed E-state index contributed by atoms with van der Waals surface area (Å²) in [5.74, 6) is -2.69. The number of ether oxygens (including phenoxy) is 1. The monoisotopic (exact) mass is 508 g/mol. The number of aliphatic hydroxyl groups is 1. The van der Waals surface area contributed by atoms with E-state index >= 15 is 0 Å². The summed E-state index contributed by atoms with van der Waals surface area (Å²) >= 11 is 5.86. The molecule has 0 fully saturated rings. The van der Waals surface area contributed by atoms with Crippen molar-refractivity contribution < 1.29 is 31.8 Å². The van der Waals surface area contributed by atoms with Crippen molar-refractivity contribution in [2.45, 2.75) is 17.4 Å². The fourth-order valence-corrected chi connectivity index (χ4v) is 5.11. The standard InChI is InChI=1S/C23H19ClF2N2O5S/c24-15-3-1-14(2-4-15)9-23(30)27-16-5-8-22-21(10-16)28(12-17(13-29)33-22)34(31,32)18-6-7-19(25)20(26)11-18/h1-8,10-11,17,29H,9,12-13H2,(H,27,30). The third kappa shape index (κ3) is 4.98. The normalized spacial score (nSPS) is 15.4. The number of rotatable bonds is 6. The van der Waals surface area contributed by atoms with Gasteiger partial charge in [0.25, 0.3) is 10.0 Å². The molecule has 3 aromatic carbocycles. The van der Waals surface area contributed by atoms with Crippen LogP contribution in [0.4, 0.5) is 20.2 Å². The van der Waals surface area contributed by atoms with Crippen molar-refractivity contribution >= 4 is 38.9 Å². The molecular formula is C23H19ClF2N2O5S. The second-order valence-electron chi connectivity index (χ2n) is 7.57. The van der Waals surface area contributed by atoms with Gasteiger partial charge in [-0.25, -0.2) is 17.2 Å². The Morgan fingerprint density at radius 3 is 2.50 bits per heavy atom. The molecule has 0 spiro atoms. The lowest BCUT2D eigenvalue weighted by Crippen LogP contribution is -2.45. The van der Waals surface area contributed by atoms with E-state index in [0.29, 0.717) is 16.8 Å². The van der Waals surface area contributed by atoms with E-state index in [1.807, 2.05) is 0 Å². The maximum atomic E-state index is 13.7. The number of carbonyl (C=O) groups excluding carboxylic acids is 1. The molecule has 0 saturated heterocycles. The molecule has 0 bridgehead atoms. The van der Waals surface area contributed by atoms with Gasteiger partial charge in [-0.15, -0.1) is 0 Å². The zero-order valence-corrected chi connectivity index (χ0v) is 19.1. The van der Waals surface area contributed by atoms with Crippen LogP contribution < -0.4 is 14.4 Å². The molecule has 1 heterocycles. The molecule has 11 heteroatoms. The van der Waals surface area contributed by atoms with E-state index in [2.05, 4.69) is 5.32 Å². The van der Waals surface area contributed by atoms with Crippen LogP contribution in [-0.4, -0.2) is 38.7 Å². The Morgan fingerprint density at radius 2 is 1.82 bits per heavy atom. The number of hydrogen-bond acceptors (Lipinski definition) is 5. The molecular weight excluding hydrogens is 490 g/mol. The summed E-state index contributed by atoms with van der Waals surface area (Å²) in [6.45, 7) is -0.740. The van der Waals surface area contributed by atoms with Gasteiger partial charge >= 0.3 is 0 Å². The topological polar surface area (TPSA) is 95.9 Å². The lowest BCUT2D eigenvalue weighted by Gasteiger charge is -2.35. The third-order valence-electron chi connectivity index (χ3n) is 5.14. The maximum absolute atomic E-state index is 13.7. The number of carbonyl (C=O) groups is 1. The van der Waals surface area contributed by atoms with Crippen LogP contribution in [0.15, 0.2) is 65.6 Å². The third-order valence-corrected chi connectivity index (χ3v) is 7.16. The highest BCUT2D eigenvalue weighted by Crippen LogP contribution is 2.39. The zero-order chi connectivity index (χ0) is 24.5. The van der Waals surface area contributed by atoms with Crippen molar-refractivity contribution in [2.75, 3.05) is 22.8 Å². The fourth-order valence-electron chi connectivity index (χ4n) is 3.47. The van der Waals surface area contributed by atoms with Gasteiger partial charge in [-0.2, -0.15) is 0 Å². The van der Waals surface area contributed by atoms with E-state index in [1.165, 1.54) is 18.2 Å². The van der Waals surface area contributed by atoms with Gasteiger partial charge < -0.3 is 15.2 Å². The molecule has 34 heavy (non-hydrogen) atoms. The predicted molar refractivity (Wildman–Crippen MR) is 123 cm³/mol. The zero-order valence-electron chi connectivity index (χ0n) is 17.5. The molecule has 7 nitrogen and oxygen atoms in total. The first kappa shape index (κ1) is 23.9. The van der Waals surface area contributed by atoms with Crippen molar-refractivity contribution in [3.05, 3.63) is 82.9 Å². The SMILES string of the molecule is O=C(Cc1ccc(Cl)cc1)Nc1ccc2c(c1)N(S(=O)(=O)c1ccc(F)c(F)c1)CC(CO)O2. The quantitative estimate of drug-likeness (QED) is 0.529. The van der Waals surface area contributed by atoms with Gasteiger partial charge in [0.15, 0.2) is 11.6 Å². The Hall–Kier alpha value is -3.21. The highest BCUT2D eigenvalue weighted by molar-refractivity contribution is 7.92. The number of amides is 1. The number of fused-ring (bicyclic) bond motifs is 1. The molecule has 0 saturated carbocycles. The summed E-state index contributed by atoms with van der Waals surface area (Å²) in [7, 11) is -4.35. The first-order valence-corrected chi connectivity index (χ1v) is 11.9. The molecule has 0 radical (unpaired) electrons.